The number of hydrogen-bond donors (Lipinski definition) is 1. The summed E-state index contributed by atoms with van der Waals surface area (Å²) in [6.07, 6.45) is 2.10. The lowest BCUT2D eigenvalue weighted by atomic mass is 9.84. The fourth-order valence-corrected chi connectivity index (χ4v) is 2.72. The van der Waals surface area contributed by atoms with Crippen molar-refractivity contribution < 1.29 is 4.42 Å². The molecule has 1 aromatic carbocycles. The fourth-order valence-electron chi connectivity index (χ4n) is 2.72. The second-order valence-corrected chi connectivity index (χ2v) is 6.77. The Morgan fingerprint density at radius 2 is 1.95 bits per heavy atom. The van der Waals surface area contributed by atoms with E-state index in [4.69, 9.17) is 4.42 Å². The van der Waals surface area contributed by atoms with Crippen LogP contribution in [0.15, 0.2) is 28.7 Å². The zero-order valence-corrected chi connectivity index (χ0v) is 13.4. The second kappa shape index (κ2) is 6.01. The van der Waals surface area contributed by atoms with Crippen LogP contribution in [0.3, 0.4) is 0 Å². The SMILES string of the molecule is CCNC(CCc1cc2cc(C)ccc2o1)C(C)(C)C. The van der Waals surface area contributed by atoms with E-state index in [0.29, 0.717) is 6.04 Å². The van der Waals surface area contributed by atoms with Gasteiger partial charge in [0.2, 0.25) is 0 Å². The van der Waals surface area contributed by atoms with Gasteiger partial charge in [-0.2, -0.15) is 0 Å². The summed E-state index contributed by atoms with van der Waals surface area (Å²) >= 11 is 0. The first-order valence-electron chi connectivity index (χ1n) is 7.62. The predicted octanol–water partition coefficient (Wildman–Crippen LogP) is 4.70. The van der Waals surface area contributed by atoms with Gasteiger partial charge in [-0.1, -0.05) is 39.3 Å². The molecule has 0 aliphatic heterocycles. The summed E-state index contributed by atoms with van der Waals surface area (Å²) < 4.78 is 5.94. The molecule has 0 radical (unpaired) electrons. The Kier molecular flexibility index (Phi) is 4.54. The van der Waals surface area contributed by atoms with Gasteiger partial charge < -0.3 is 9.73 Å². The first-order valence-corrected chi connectivity index (χ1v) is 7.62. The first-order chi connectivity index (χ1) is 9.40. The third-order valence-corrected chi connectivity index (χ3v) is 3.90. The molecule has 0 aliphatic carbocycles. The smallest absolute Gasteiger partial charge is 0.134 e. The lowest BCUT2D eigenvalue weighted by Gasteiger charge is -2.31. The Balaban J connectivity index is 2.07. The van der Waals surface area contributed by atoms with Crippen molar-refractivity contribution in [2.75, 3.05) is 6.54 Å². The molecule has 0 saturated heterocycles. The van der Waals surface area contributed by atoms with E-state index in [2.05, 4.69) is 64.2 Å². The summed E-state index contributed by atoms with van der Waals surface area (Å²) in [7, 11) is 0. The standard InChI is InChI=1S/C18H27NO/c1-6-19-17(18(3,4)5)10-8-15-12-14-11-13(2)7-9-16(14)20-15/h7,9,11-12,17,19H,6,8,10H2,1-5H3. The highest BCUT2D eigenvalue weighted by atomic mass is 16.3. The maximum atomic E-state index is 5.94. The first kappa shape index (κ1) is 15.1. The molecule has 0 aliphatic rings. The fraction of sp³-hybridized carbons (Fsp3) is 0.556. The van der Waals surface area contributed by atoms with Gasteiger partial charge in [-0.05, 0) is 43.5 Å². The van der Waals surface area contributed by atoms with Gasteiger partial charge in [0.05, 0.1) is 0 Å². The van der Waals surface area contributed by atoms with Crippen molar-refractivity contribution in [3.63, 3.8) is 0 Å². The molecule has 0 fully saturated rings. The molecule has 1 aromatic heterocycles. The minimum atomic E-state index is 0.276. The van der Waals surface area contributed by atoms with Gasteiger partial charge in [-0.25, -0.2) is 0 Å². The topological polar surface area (TPSA) is 25.2 Å². The monoisotopic (exact) mass is 273 g/mol. The van der Waals surface area contributed by atoms with Crippen LogP contribution in [0.4, 0.5) is 0 Å². The minimum Gasteiger partial charge on any atom is -0.461 e. The Bertz CT molecular complexity index is 562. The van der Waals surface area contributed by atoms with Crippen LogP contribution in [-0.2, 0) is 6.42 Å². The zero-order chi connectivity index (χ0) is 14.8. The van der Waals surface area contributed by atoms with Crippen LogP contribution in [0.1, 0.15) is 45.4 Å². The van der Waals surface area contributed by atoms with E-state index < -0.39 is 0 Å². The van der Waals surface area contributed by atoms with Crippen LogP contribution in [0.25, 0.3) is 11.0 Å². The maximum Gasteiger partial charge on any atom is 0.134 e. The van der Waals surface area contributed by atoms with E-state index in [1.807, 2.05) is 0 Å². The number of furan rings is 1. The molecule has 1 unspecified atom stereocenters. The molecule has 2 heteroatoms. The molecule has 2 rings (SSSR count). The number of hydrogen-bond acceptors (Lipinski definition) is 2. The number of benzene rings is 1. The van der Waals surface area contributed by atoms with Crippen molar-refractivity contribution in [1.29, 1.82) is 0 Å². The summed E-state index contributed by atoms with van der Waals surface area (Å²) in [5, 5.41) is 4.81. The molecule has 2 aromatic rings. The van der Waals surface area contributed by atoms with Gasteiger partial charge in [-0.15, -0.1) is 0 Å². The molecule has 1 heterocycles. The number of aryl methyl sites for hydroxylation is 2. The molecule has 0 saturated carbocycles. The summed E-state index contributed by atoms with van der Waals surface area (Å²) in [5.74, 6) is 1.10. The van der Waals surface area contributed by atoms with Crippen LogP contribution in [0, 0.1) is 12.3 Å². The molecule has 20 heavy (non-hydrogen) atoms. The molecule has 1 N–H and O–H groups in total. The lowest BCUT2D eigenvalue weighted by Crippen LogP contribution is -2.40. The largest absolute Gasteiger partial charge is 0.461 e. The lowest BCUT2D eigenvalue weighted by molar-refractivity contribution is 0.255. The van der Waals surface area contributed by atoms with Crippen LogP contribution in [-0.4, -0.2) is 12.6 Å². The number of nitrogens with one attached hydrogen (secondary N) is 1. The highest BCUT2D eigenvalue weighted by molar-refractivity contribution is 5.78. The normalized spacial score (nSPS) is 13.8. The summed E-state index contributed by atoms with van der Waals surface area (Å²) in [6, 6.07) is 9.07. The average molecular weight is 273 g/mol. The average Bonchev–Trinajstić information content (AvgIpc) is 2.74. The molecule has 0 bridgehead atoms. The Labute approximate surface area is 122 Å². The van der Waals surface area contributed by atoms with Crippen LogP contribution in [0.2, 0.25) is 0 Å². The van der Waals surface area contributed by atoms with E-state index in [-0.39, 0.29) is 5.41 Å². The number of rotatable bonds is 5. The van der Waals surface area contributed by atoms with Gasteiger partial charge in [0.1, 0.15) is 11.3 Å². The second-order valence-electron chi connectivity index (χ2n) is 6.77. The van der Waals surface area contributed by atoms with Gasteiger partial charge in [0.15, 0.2) is 0 Å². The van der Waals surface area contributed by atoms with Crippen LogP contribution < -0.4 is 5.32 Å². The summed E-state index contributed by atoms with van der Waals surface area (Å²) in [4.78, 5) is 0. The van der Waals surface area contributed by atoms with Crippen molar-refractivity contribution in [3.05, 3.63) is 35.6 Å². The molecule has 0 amide bonds. The van der Waals surface area contributed by atoms with E-state index in [1.165, 1.54) is 10.9 Å². The Morgan fingerprint density at radius 3 is 2.60 bits per heavy atom. The van der Waals surface area contributed by atoms with Gasteiger partial charge >= 0.3 is 0 Å². The van der Waals surface area contributed by atoms with E-state index >= 15 is 0 Å². The maximum absolute atomic E-state index is 5.94. The summed E-state index contributed by atoms with van der Waals surface area (Å²) in [5.41, 5.74) is 2.56. The van der Waals surface area contributed by atoms with Crippen LogP contribution in [0.5, 0.6) is 0 Å². The van der Waals surface area contributed by atoms with Crippen molar-refractivity contribution in [2.45, 2.75) is 53.5 Å². The molecular formula is C18H27NO. The highest BCUT2D eigenvalue weighted by Crippen LogP contribution is 2.26. The van der Waals surface area contributed by atoms with Crippen molar-refractivity contribution in [1.82, 2.24) is 5.32 Å². The third-order valence-electron chi connectivity index (χ3n) is 3.90. The Hall–Kier alpha value is -1.28. The third kappa shape index (κ3) is 3.63. The Morgan fingerprint density at radius 1 is 1.20 bits per heavy atom. The predicted molar refractivity (Wildman–Crippen MR) is 86.2 cm³/mol. The molecule has 2 nitrogen and oxygen atoms in total. The molecule has 1 atom stereocenters. The molecular weight excluding hydrogens is 246 g/mol. The van der Waals surface area contributed by atoms with E-state index in [0.717, 1.165) is 30.7 Å². The van der Waals surface area contributed by atoms with Crippen LogP contribution >= 0.6 is 0 Å². The van der Waals surface area contributed by atoms with Gasteiger partial charge in [-0.3, -0.25) is 0 Å². The van der Waals surface area contributed by atoms with E-state index in [9.17, 15) is 0 Å². The van der Waals surface area contributed by atoms with E-state index in [1.54, 1.807) is 0 Å². The summed E-state index contributed by atoms with van der Waals surface area (Å²) in [6.45, 7) is 12.2. The molecule has 110 valence electrons. The van der Waals surface area contributed by atoms with Gasteiger partial charge in [0.25, 0.3) is 0 Å². The minimum absolute atomic E-state index is 0.276. The molecule has 0 spiro atoms. The van der Waals surface area contributed by atoms with Gasteiger partial charge in [0, 0.05) is 17.8 Å². The van der Waals surface area contributed by atoms with Crippen molar-refractivity contribution >= 4 is 11.0 Å². The quantitative estimate of drug-likeness (QED) is 0.854. The highest BCUT2D eigenvalue weighted by Gasteiger charge is 2.23. The zero-order valence-electron chi connectivity index (χ0n) is 13.4. The van der Waals surface area contributed by atoms with Crippen molar-refractivity contribution in [3.8, 4) is 0 Å². The number of fused-ring (bicyclic) bond motifs is 1. The van der Waals surface area contributed by atoms with Crippen molar-refractivity contribution in [2.24, 2.45) is 5.41 Å².